The number of Topliss-reactive ketones (excluding diaryl/α,β-unsaturated/α-hetero) is 4. The van der Waals surface area contributed by atoms with Gasteiger partial charge in [-0.25, -0.2) is 0 Å². The third kappa shape index (κ3) is 8.35. The van der Waals surface area contributed by atoms with Crippen molar-refractivity contribution in [1.29, 1.82) is 0 Å². The minimum absolute atomic E-state index is 0.272. The van der Waals surface area contributed by atoms with E-state index in [1.165, 1.54) is 0 Å². The summed E-state index contributed by atoms with van der Waals surface area (Å²) in [6, 6.07) is 24.8. The van der Waals surface area contributed by atoms with Gasteiger partial charge in [0.2, 0.25) is 0 Å². The molecule has 0 radical (unpaired) electrons. The fourth-order valence-electron chi connectivity index (χ4n) is 8.01. The molecule has 2 fully saturated rings. The van der Waals surface area contributed by atoms with Crippen molar-refractivity contribution in [2.75, 3.05) is 0 Å². The topological polar surface area (TPSA) is 105 Å². The van der Waals surface area contributed by atoms with Gasteiger partial charge in [-0.1, -0.05) is 48.3 Å². The molecule has 0 aromatic heterocycles. The summed E-state index contributed by atoms with van der Waals surface area (Å²) < 4.78 is 24.7. The Morgan fingerprint density at radius 2 is 1.04 bits per heavy atom. The predicted octanol–water partition coefficient (Wildman–Crippen LogP) is 10.8. The molecule has 4 aromatic rings. The third-order valence-electron chi connectivity index (χ3n) is 10.8. The number of benzene rings is 4. The van der Waals surface area contributed by atoms with Crippen molar-refractivity contribution in [3.8, 4) is 23.0 Å². The average Bonchev–Trinajstić information content (AvgIpc) is 3.12. The minimum Gasteiger partial charge on any atom is -0.457 e. The first-order valence-electron chi connectivity index (χ1n) is 18.9. The second kappa shape index (κ2) is 15.5. The third-order valence-corrected chi connectivity index (χ3v) is 11.2. The van der Waals surface area contributed by atoms with Crippen LogP contribution in [0.3, 0.4) is 0 Å². The summed E-state index contributed by atoms with van der Waals surface area (Å²) in [5.41, 5.74) is -2.32. The Bertz CT molecular complexity index is 2160. The zero-order chi connectivity index (χ0) is 40.8. The number of aryl methyl sites for hydroxylation is 2. The molecule has 8 nitrogen and oxygen atoms in total. The van der Waals surface area contributed by atoms with Crippen LogP contribution in [0.25, 0.3) is 0 Å². The lowest BCUT2D eigenvalue weighted by Crippen LogP contribution is -2.59. The van der Waals surface area contributed by atoms with Crippen LogP contribution in [-0.4, -0.2) is 45.5 Å². The highest BCUT2D eigenvalue weighted by atomic mass is 35.5. The van der Waals surface area contributed by atoms with Gasteiger partial charge >= 0.3 is 0 Å². The van der Waals surface area contributed by atoms with E-state index in [1.54, 1.807) is 115 Å². The highest BCUT2D eigenvalue weighted by Crippen LogP contribution is 2.45. The highest BCUT2D eigenvalue weighted by Gasteiger charge is 2.56. The summed E-state index contributed by atoms with van der Waals surface area (Å²) in [4.78, 5) is 56.7. The van der Waals surface area contributed by atoms with Crippen molar-refractivity contribution in [3.63, 3.8) is 0 Å². The van der Waals surface area contributed by atoms with E-state index >= 15 is 0 Å². The largest absolute Gasteiger partial charge is 0.457 e. The molecule has 2 aliphatic rings. The average molecular weight is 800 g/mol. The molecule has 4 aromatic carbocycles. The molecule has 294 valence electrons. The zero-order valence-electron chi connectivity index (χ0n) is 33.1. The molecule has 2 unspecified atom stereocenters. The first kappa shape index (κ1) is 41.3. The molecule has 2 aliphatic heterocycles. The zero-order valence-corrected chi connectivity index (χ0v) is 34.6. The van der Waals surface area contributed by atoms with Gasteiger partial charge in [0.15, 0.2) is 23.1 Å². The highest BCUT2D eigenvalue weighted by molar-refractivity contribution is 6.31. The van der Waals surface area contributed by atoms with E-state index in [2.05, 4.69) is 0 Å². The van der Waals surface area contributed by atoms with E-state index in [0.29, 0.717) is 63.4 Å². The molecule has 0 amide bonds. The SMILES string of the molecule is CCc1ccc(Oc2ccc(Cl)cc2)cc1C1C(=O)C(C)(C)OC(C)(CCCc2ccc(Oc3cccc(Cl)c3)cc2C2C(=O)C(C)(C)OC(C)(C)C2=O)C1=O. The Hall–Kier alpha value is -4.34. The summed E-state index contributed by atoms with van der Waals surface area (Å²) >= 11 is 12.3. The molecule has 0 spiro atoms. The lowest BCUT2D eigenvalue weighted by Gasteiger charge is -2.45. The van der Waals surface area contributed by atoms with Crippen molar-refractivity contribution in [3.05, 3.63) is 117 Å². The van der Waals surface area contributed by atoms with Crippen LogP contribution in [0, 0.1) is 0 Å². The van der Waals surface area contributed by atoms with Gasteiger partial charge in [0, 0.05) is 10.0 Å². The summed E-state index contributed by atoms with van der Waals surface area (Å²) in [7, 11) is 0. The van der Waals surface area contributed by atoms with Crippen LogP contribution < -0.4 is 9.47 Å². The van der Waals surface area contributed by atoms with Crippen molar-refractivity contribution >= 4 is 46.3 Å². The fourth-order valence-corrected chi connectivity index (χ4v) is 8.32. The number of hydrogen-bond donors (Lipinski definition) is 0. The maximum atomic E-state index is 14.6. The standard InChI is InChI=1S/C46H48Cl2O8/c1-9-27-15-19-33(53-31-21-17-29(47)18-22-31)25-35(27)38-41(51)45(6,7)56-46(8,42(38)52)23-11-12-28-16-20-34(54-32-14-10-13-30(48)24-32)26-36(28)37-39(49)43(2,3)55-44(4,5)40(37)50/h10,13-22,24-26,37-38H,9,11-12,23H2,1-8H3. The van der Waals surface area contributed by atoms with E-state index < -0.39 is 34.2 Å². The first-order valence-corrected chi connectivity index (χ1v) is 19.7. The number of rotatable bonds is 11. The Morgan fingerprint density at radius 3 is 1.61 bits per heavy atom. The van der Waals surface area contributed by atoms with Crippen LogP contribution in [0.4, 0.5) is 0 Å². The molecule has 2 heterocycles. The van der Waals surface area contributed by atoms with Crippen molar-refractivity contribution in [2.45, 2.75) is 115 Å². The quantitative estimate of drug-likeness (QED) is 0.138. The molecule has 10 heteroatoms. The summed E-state index contributed by atoms with van der Waals surface area (Å²) in [5, 5.41) is 1.08. The van der Waals surface area contributed by atoms with Crippen molar-refractivity contribution < 1.29 is 38.1 Å². The van der Waals surface area contributed by atoms with E-state index in [9.17, 15) is 19.2 Å². The number of carbonyl (C=O) groups is 4. The summed E-state index contributed by atoms with van der Waals surface area (Å²) in [6.45, 7) is 13.9. The molecule has 0 aliphatic carbocycles. The van der Waals surface area contributed by atoms with Crippen LogP contribution in [-0.2, 0) is 41.5 Å². The molecule has 0 bridgehead atoms. The van der Waals surface area contributed by atoms with Crippen molar-refractivity contribution in [1.82, 2.24) is 0 Å². The Labute approximate surface area is 338 Å². The Kier molecular flexibility index (Phi) is 11.5. The Morgan fingerprint density at radius 1 is 0.554 bits per heavy atom. The van der Waals surface area contributed by atoms with E-state index in [-0.39, 0.29) is 29.6 Å². The fraction of sp³-hybridized carbons (Fsp3) is 0.391. The van der Waals surface area contributed by atoms with Crippen molar-refractivity contribution in [2.24, 2.45) is 0 Å². The number of ether oxygens (including phenoxy) is 4. The first-order chi connectivity index (χ1) is 26.2. The van der Waals surface area contributed by atoms with Crippen LogP contribution in [0.2, 0.25) is 10.0 Å². The van der Waals surface area contributed by atoms with Gasteiger partial charge in [-0.15, -0.1) is 0 Å². The van der Waals surface area contributed by atoms with E-state index in [1.807, 2.05) is 25.1 Å². The van der Waals surface area contributed by atoms with Crippen LogP contribution >= 0.6 is 23.2 Å². The van der Waals surface area contributed by atoms with Gasteiger partial charge < -0.3 is 18.9 Å². The van der Waals surface area contributed by atoms with Gasteiger partial charge in [-0.2, -0.15) is 0 Å². The lowest BCUT2D eigenvalue weighted by atomic mass is 9.71. The van der Waals surface area contributed by atoms with Crippen LogP contribution in [0.15, 0.2) is 84.9 Å². The second-order valence-corrected chi connectivity index (χ2v) is 17.2. The summed E-state index contributed by atoms with van der Waals surface area (Å²) in [6.07, 6.45) is 1.72. The number of carbonyl (C=O) groups excluding carboxylic acids is 4. The predicted molar refractivity (Wildman–Crippen MR) is 217 cm³/mol. The van der Waals surface area contributed by atoms with E-state index in [0.717, 1.165) is 11.1 Å². The van der Waals surface area contributed by atoms with Gasteiger partial charge in [-0.05, 0) is 163 Å². The van der Waals surface area contributed by atoms with Crippen LogP contribution in [0.1, 0.15) is 102 Å². The number of halogens is 2. The van der Waals surface area contributed by atoms with E-state index in [4.69, 9.17) is 42.1 Å². The van der Waals surface area contributed by atoms with Gasteiger partial charge in [-0.3, -0.25) is 19.2 Å². The molecule has 0 N–H and O–H groups in total. The normalized spacial score (nSPS) is 21.9. The molecule has 2 atom stereocenters. The lowest BCUT2D eigenvalue weighted by molar-refractivity contribution is -0.189. The number of ketones is 4. The maximum Gasteiger partial charge on any atom is 0.179 e. The molecular weight excluding hydrogens is 751 g/mol. The maximum absolute atomic E-state index is 14.6. The van der Waals surface area contributed by atoms with Crippen LogP contribution in [0.5, 0.6) is 23.0 Å². The molecule has 56 heavy (non-hydrogen) atoms. The number of hydrogen-bond acceptors (Lipinski definition) is 8. The molecule has 0 saturated carbocycles. The molecule has 6 rings (SSSR count). The molecular formula is C46H48Cl2O8. The summed E-state index contributed by atoms with van der Waals surface area (Å²) in [5.74, 6) is -1.54. The molecule has 2 saturated heterocycles. The van der Waals surface area contributed by atoms with Gasteiger partial charge in [0.25, 0.3) is 0 Å². The monoisotopic (exact) mass is 798 g/mol. The van der Waals surface area contributed by atoms with Gasteiger partial charge in [0.1, 0.15) is 57.2 Å². The minimum atomic E-state index is -1.33. The second-order valence-electron chi connectivity index (χ2n) is 16.3. The Balaban J connectivity index is 1.31. The van der Waals surface area contributed by atoms with Gasteiger partial charge in [0.05, 0.1) is 0 Å². The smallest absolute Gasteiger partial charge is 0.179 e.